The Bertz CT molecular complexity index is 662. The maximum Gasteiger partial charge on any atom is 0.337 e. The Labute approximate surface area is 130 Å². The van der Waals surface area contributed by atoms with Crippen molar-refractivity contribution < 1.29 is 9.53 Å². The highest BCUT2D eigenvalue weighted by molar-refractivity contribution is 9.10. The molecule has 0 fully saturated rings. The zero-order chi connectivity index (χ0) is 14.7. The number of ether oxygens (including phenoxy) is 1. The quantitative estimate of drug-likeness (QED) is 0.639. The zero-order valence-corrected chi connectivity index (χ0v) is 13.0. The summed E-state index contributed by atoms with van der Waals surface area (Å²) in [6, 6.07) is 10.2. The van der Waals surface area contributed by atoms with Crippen molar-refractivity contribution in [3.8, 4) is 0 Å². The van der Waals surface area contributed by atoms with Crippen molar-refractivity contribution in [2.24, 2.45) is 0 Å². The van der Waals surface area contributed by atoms with Crippen molar-refractivity contribution in [3.63, 3.8) is 0 Å². The van der Waals surface area contributed by atoms with Gasteiger partial charge in [0, 0.05) is 9.50 Å². The summed E-state index contributed by atoms with van der Waals surface area (Å²) in [6.45, 7) is 0. The lowest BCUT2D eigenvalue weighted by atomic mass is 10.1. The first-order chi connectivity index (χ1) is 9.51. The van der Waals surface area contributed by atoms with E-state index < -0.39 is 5.97 Å². The monoisotopic (exact) mass is 354 g/mol. The summed E-state index contributed by atoms with van der Waals surface area (Å²) in [6.07, 6.45) is 0. The molecule has 104 valence electrons. The van der Waals surface area contributed by atoms with E-state index >= 15 is 0 Å². The van der Waals surface area contributed by atoms with Gasteiger partial charge in [-0.3, -0.25) is 0 Å². The van der Waals surface area contributed by atoms with Crippen molar-refractivity contribution >= 4 is 50.6 Å². The lowest BCUT2D eigenvalue weighted by Gasteiger charge is -2.12. The zero-order valence-electron chi connectivity index (χ0n) is 10.6. The molecule has 0 atom stereocenters. The molecule has 3 N–H and O–H groups in total. The average molecular weight is 356 g/mol. The van der Waals surface area contributed by atoms with Crippen molar-refractivity contribution in [1.82, 2.24) is 0 Å². The highest BCUT2D eigenvalue weighted by atomic mass is 79.9. The summed E-state index contributed by atoms with van der Waals surface area (Å²) in [5.74, 6) is -0.418. The molecule has 0 aliphatic rings. The van der Waals surface area contributed by atoms with Crippen LogP contribution in [0.4, 0.5) is 17.1 Å². The van der Waals surface area contributed by atoms with Gasteiger partial charge in [0.25, 0.3) is 0 Å². The highest BCUT2D eigenvalue weighted by Gasteiger charge is 2.10. The number of nitrogens with two attached hydrogens (primary N) is 1. The Balaban J connectivity index is 2.37. The van der Waals surface area contributed by atoms with Crippen LogP contribution in [0.1, 0.15) is 10.4 Å². The fourth-order valence-electron chi connectivity index (χ4n) is 1.65. The molecule has 2 aromatic rings. The van der Waals surface area contributed by atoms with Crippen LogP contribution >= 0.6 is 27.5 Å². The van der Waals surface area contributed by atoms with Gasteiger partial charge in [-0.2, -0.15) is 0 Å². The number of methoxy groups -OCH3 is 1. The molecule has 0 heterocycles. The van der Waals surface area contributed by atoms with Crippen molar-refractivity contribution in [1.29, 1.82) is 0 Å². The predicted molar refractivity (Wildman–Crippen MR) is 84.6 cm³/mol. The first kappa shape index (κ1) is 14.7. The van der Waals surface area contributed by atoms with E-state index in [1.54, 1.807) is 30.3 Å². The number of esters is 1. The van der Waals surface area contributed by atoms with E-state index in [0.717, 1.165) is 10.2 Å². The standard InChI is InChI=1S/C14H12BrClN2O2/c1-20-14(19)8-2-5-11(17)13(6-8)18-12-7-9(16)3-4-10(12)15/h2-7,18H,17H2,1H3. The number of hydrogen-bond donors (Lipinski definition) is 2. The molecule has 0 amide bonds. The van der Waals surface area contributed by atoms with Crippen LogP contribution in [0.2, 0.25) is 5.02 Å². The van der Waals surface area contributed by atoms with Gasteiger partial charge in [0.2, 0.25) is 0 Å². The molecule has 0 radical (unpaired) electrons. The lowest BCUT2D eigenvalue weighted by molar-refractivity contribution is 0.0601. The molecule has 0 aliphatic heterocycles. The van der Waals surface area contributed by atoms with Gasteiger partial charge in [0.15, 0.2) is 0 Å². The Hall–Kier alpha value is -1.72. The smallest absolute Gasteiger partial charge is 0.337 e. The fraction of sp³-hybridized carbons (Fsp3) is 0.0714. The van der Waals surface area contributed by atoms with Crippen LogP contribution in [0.15, 0.2) is 40.9 Å². The maximum absolute atomic E-state index is 11.5. The van der Waals surface area contributed by atoms with E-state index in [2.05, 4.69) is 26.0 Å². The number of benzene rings is 2. The minimum absolute atomic E-state index is 0.418. The van der Waals surface area contributed by atoms with E-state index in [1.165, 1.54) is 7.11 Å². The largest absolute Gasteiger partial charge is 0.465 e. The van der Waals surface area contributed by atoms with Gasteiger partial charge in [-0.1, -0.05) is 11.6 Å². The molecule has 2 aromatic carbocycles. The second-order valence-electron chi connectivity index (χ2n) is 4.04. The molecule has 0 unspecified atom stereocenters. The van der Waals surface area contributed by atoms with Crippen LogP contribution in [0.3, 0.4) is 0 Å². The summed E-state index contributed by atoms with van der Waals surface area (Å²) in [5.41, 5.74) is 8.20. The third kappa shape index (κ3) is 3.23. The van der Waals surface area contributed by atoms with Crippen molar-refractivity contribution in [2.75, 3.05) is 18.2 Å². The Morgan fingerprint density at radius 2 is 2.00 bits per heavy atom. The normalized spacial score (nSPS) is 10.2. The Morgan fingerprint density at radius 3 is 2.70 bits per heavy atom. The van der Waals surface area contributed by atoms with Crippen LogP contribution in [-0.4, -0.2) is 13.1 Å². The number of carbonyl (C=O) groups excluding carboxylic acids is 1. The summed E-state index contributed by atoms with van der Waals surface area (Å²) in [5, 5.41) is 3.73. The van der Waals surface area contributed by atoms with E-state index in [0.29, 0.717) is 22.0 Å². The lowest BCUT2D eigenvalue weighted by Crippen LogP contribution is -2.04. The molecule has 4 nitrogen and oxygen atoms in total. The average Bonchev–Trinajstić information content (AvgIpc) is 2.44. The third-order valence-corrected chi connectivity index (χ3v) is 3.60. The fourth-order valence-corrected chi connectivity index (χ4v) is 2.17. The first-order valence-electron chi connectivity index (χ1n) is 5.71. The molecular weight excluding hydrogens is 344 g/mol. The van der Waals surface area contributed by atoms with Crippen LogP contribution in [0.25, 0.3) is 0 Å². The van der Waals surface area contributed by atoms with Crippen LogP contribution in [0, 0.1) is 0 Å². The number of rotatable bonds is 3. The topological polar surface area (TPSA) is 64.3 Å². The van der Waals surface area contributed by atoms with E-state index in [1.807, 2.05) is 6.07 Å². The first-order valence-corrected chi connectivity index (χ1v) is 6.88. The second-order valence-corrected chi connectivity index (χ2v) is 5.33. The molecule has 20 heavy (non-hydrogen) atoms. The number of carbonyl (C=O) groups is 1. The summed E-state index contributed by atoms with van der Waals surface area (Å²) < 4.78 is 5.52. The van der Waals surface area contributed by atoms with Gasteiger partial charge in [0.05, 0.1) is 29.7 Å². The van der Waals surface area contributed by atoms with Crippen LogP contribution in [0.5, 0.6) is 0 Å². The van der Waals surface area contributed by atoms with Crippen molar-refractivity contribution in [2.45, 2.75) is 0 Å². The molecule has 6 heteroatoms. The molecule has 2 rings (SSSR count). The van der Waals surface area contributed by atoms with Gasteiger partial charge in [0.1, 0.15) is 0 Å². The number of anilines is 3. The van der Waals surface area contributed by atoms with E-state index in [4.69, 9.17) is 17.3 Å². The molecule has 0 spiro atoms. The number of hydrogen-bond acceptors (Lipinski definition) is 4. The Kier molecular flexibility index (Phi) is 4.52. The van der Waals surface area contributed by atoms with Gasteiger partial charge in [-0.05, 0) is 52.3 Å². The molecule has 0 aliphatic carbocycles. The summed E-state index contributed by atoms with van der Waals surface area (Å²) in [7, 11) is 1.33. The minimum atomic E-state index is -0.418. The molecule has 0 saturated carbocycles. The third-order valence-electron chi connectivity index (χ3n) is 2.67. The SMILES string of the molecule is COC(=O)c1ccc(N)c(Nc2cc(Cl)ccc2Br)c1. The van der Waals surface area contributed by atoms with Gasteiger partial charge >= 0.3 is 5.97 Å². The van der Waals surface area contributed by atoms with Crippen LogP contribution in [-0.2, 0) is 4.74 Å². The number of nitrogen functional groups attached to an aromatic ring is 1. The molecular formula is C14H12BrClN2O2. The van der Waals surface area contributed by atoms with E-state index in [9.17, 15) is 4.79 Å². The van der Waals surface area contributed by atoms with Gasteiger partial charge in [-0.15, -0.1) is 0 Å². The predicted octanol–water partition coefficient (Wildman–Crippen LogP) is 4.21. The van der Waals surface area contributed by atoms with Crippen LogP contribution < -0.4 is 11.1 Å². The summed E-state index contributed by atoms with van der Waals surface area (Å²) >= 11 is 9.38. The van der Waals surface area contributed by atoms with Gasteiger partial charge in [-0.25, -0.2) is 4.79 Å². The van der Waals surface area contributed by atoms with E-state index in [-0.39, 0.29) is 0 Å². The summed E-state index contributed by atoms with van der Waals surface area (Å²) in [4.78, 5) is 11.5. The molecule has 0 saturated heterocycles. The number of halogens is 2. The van der Waals surface area contributed by atoms with Crippen molar-refractivity contribution in [3.05, 3.63) is 51.5 Å². The molecule has 0 aromatic heterocycles. The number of nitrogens with one attached hydrogen (secondary N) is 1. The minimum Gasteiger partial charge on any atom is -0.465 e. The van der Waals surface area contributed by atoms with Gasteiger partial charge < -0.3 is 15.8 Å². The molecule has 0 bridgehead atoms. The Morgan fingerprint density at radius 1 is 1.25 bits per heavy atom. The maximum atomic E-state index is 11.5. The highest BCUT2D eigenvalue weighted by Crippen LogP contribution is 2.31. The second kappa shape index (κ2) is 6.15.